The summed E-state index contributed by atoms with van der Waals surface area (Å²) >= 11 is 6.07. The van der Waals surface area contributed by atoms with E-state index in [0.29, 0.717) is 12.8 Å². The summed E-state index contributed by atoms with van der Waals surface area (Å²) in [5.74, 6) is 2.65. The Morgan fingerprint density at radius 1 is 1.56 bits per heavy atom. The van der Waals surface area contributed by atoms with Crippen molar-refractivity contribution in [2.75, 3.05) is 5.32 Å². The van der Waals surface area contributed by atoms with Gasteiger partial charge in [-0.3, -0.25) is 0 Å². The van der Waals surface area contributed by atoms with Gasteiger partial charge in [0.2, 0.25) is 0 Å². The predicted octanol–water partition coefficient (Wildman–Crippen LogP) is 2.37. The van der Waals surface area contributed by atoms with E-state index >= 15 is 0 Å². The molecule has 1 aliphatic heterocycles. The maximum atomic E-state index is 9.83. The number of nitrogens with one attached hydrogen (secondary N) is 1. The summed E-state index contributed by atoms with van der Waals surface area (Å²) in [7, 11) is 0. The molecule has 0 bridgehead atoms. The number of hydrogen-bond donors (Lipinski definition) is 2. The molecule has 2 atom stereocenters. The van der Waals surface area contributed by atoms with Gasteiger partial charge in [-0.25, -0.2) is 0 Å². The summed E-state index contributed by atoms with van der Waals surface area (Å²) in [6, 6.07) is 3.67. The van der Waals surface area contributed by atoms with Crippen molar-refractivity contribution in [1.29, 1.82) is 0 Å². The molecule has 0 saturated carbocycles. The standard InChI is InChI=1S/C13H14ClNO/c1-3-10-7-11(16)6-9-4-5-12(14)8(2)13(9)15-10/h1,4-5,10-11,15-16H,6-7H2,2H3/t10-,11-/m1/s1. The first kappa shape index (κ1) is 11.3. The summed E-state index contributed by atoms with van der Waals surface area (Å²) in [4.78, 5) is 0. The molecule has 3 heteroatoms. The number of aliphatic hydroxyl groups excluding tert-OH is 1. The molecule has 16 heavy (non-hydrogen) atoms. The Morgan fingerprint density at radius 2 is 2.31 bits per heavy atom. The second kappa shape index (κ2) is 4.37. The molecule has 1 aliphatic rings. The second-order valence-corrected chi connectivity index (χ2v) is 4.57. The molecule has 2 nitrogen and oxygen atoms in total. The average molecular weight is 236 g/mol. The first-order chi connectivity index (χ1) is 7.61. The molecule has 1 heterocycles. The van der Waals surface area contributed by atoms with Crippen molar-refractivity contribution in [2.24, 2.45) is 0 Å². The van der Waals surface area contributed by atoms with E-state index in [1.165, 1.54) is 0 Å². The van der Waals surface area contributed by atoms with E-state index in [1.54, 1.807) is 0 Å². The molecule has 0 aliphatic carbocycles. The quantitative estimate of drug-likeness (QED) is 0.677. The van der Waals surface area contributed by atoms with Crippen LogP contribution in [0.25, 0.3) is 0 Å². The van der Waals surface area contributed by atoms with Crippen LogP contribution in [0.1, 0.15) is 17.5 Å². The first-order valence-electron chi connectivity index (χ1n) is 5.30. The van der Waals surface area contributed by atoms with Gasteiger partial charge >= 0.3 is 0 Å². The molecule has 0 amide bonds. The molecule has 0 saturated heterocycles. The van der Waals surface area contributed by atoms with E-state index < -0.39 is 6.10 Å². The third kappa shape index (κ3) is 2.02. The van der Waals surface area contributed by atoms with E-state index in [1.807, 2.05) is 19.1 Å². The van der Waals surface area contributed by atoms with Gasteiger partial charge in [0, 0.05) is 23.6 Å². The number of aliphatic hydroxyl groups is 1. The predicted molar refractivity (Wildman–Crippen MR) is 66.8 cm³/mol. The van der Waals surface area contributed by atoms with Crippen LogP contribution < -0.4 is 5.32 Å². The van der Waals surface area contributed by atoms with Crippen LogP contribution in [0, 0.1) is 19.3 Å². The highest BCUT2D eigenvalue weighted by atomic mass is 35.5. The Balaban J connectivity index is 2.47. The molecular weight excluding hydrogens is 222 g/mol. The summed E-state index contributed by atoms with van der Waals surface area (Å²) in [5, 5.41) is 13.8. The Morgan fingerprint density at radius 3 is 3.00 bits per heavy atom. The lowest BCUT2D eigenvalue weighted by Crippen LogP contribution is -2.21. The van der Waals surface area contributed by atoms with Crippen molar-refractivity contribution in [1.82, 2.24) is 0 Å². The molecule has 2 rings (SSSR count). The summed E-state index contributed by atoms with van der Waals surface area (Å²) < 4.78 is 0. The first-order valence-corrected chi connectivity index (χ1v) is 5.68. The van der Waals surface area contributed by atoms with Gasteiger partial charge in [0.1, 0.15) is 0 Å². The van der Waals surface area contributed by atoms with E-state index in [0.717, 1.165) is 21.8 Å². The van der Waals surface area contributed by atoms with E-state index in [9.17, 15) is 5.11 Å². The van der Waals surface area contributed by atoms with Crippen LogP contribution in [-0.2, 0) is 6.42 Å². The Kier molecular flexibility index (Phi) is 3.09. The van der Waals surface area contributed by atoms with Gasteiger partial charge in [-0.2, -0.15) is 0 Å². The van der Waals surface area contributed by atoms with Crippen molar-refractivity contribution in [3.8, 4) is 12.3 Å². The summed E-state index contributed by atoms with van der Waals surface area (Å²) in [6.07, 6.45) is 6.23. The van der Waals surface area contributed by atoms with Gasteiger partial charge in [-0.1, -0.05) is 23.6 Å². The Labute approximate surface area is 101 Å². The van der Waals surface area contributed by atoms with Crippen LogP contribution >= 0.6 is 11.6 Å². The fraction of sp³-hybridized carbons (Fsp3) is 0.385. The highest BCUT2D eigenvalue weighted by Crippen LogP contribution is 2.31. The molecular formula is C13H14ClNO. The number of benzene rings is 1. The maximum absolute atomic E-state index is 9.83. The molecule has 0 aromatic heterocycles. The van der Waals surface area contributed by atoms with E-state index in [4.69, 9.17) is 18.0 Å². The van der Waals surface area contributed by atoms with Crippen molar-refractivity contribution >= 4 is 17.3 Å². The number of halogens is 1. The van der Waals surface area contributed by atoms with Gasteiger partial charge in [0.25, 0.3) is 0 Å². The van der Waals surface area contributed by atoms with Crippen LogP contribution in [0.4, 0.5) is 5.69 Å². The summed E-state index contributed by atoms with van der Waals surface area (Å²) in [5.41, 5.74) is 3.05. The van der Waals surface area contributed by atoms with Gasteiger partial charge in [-0.05, 0) is 24.1 Å². The van der Waals surface area contributed by atoms with Crippen LogP contribution in [-0.4, -0.2) is 17.3 Å². The molecule has 0 fully saturated rings. The third-order valence-corrected chi connectivity index (χ3v) is 3.38. The van der Waals surface area contributed by atoms with Gasteiger partial charge in [0.15, 0.2) is 0 Å². The highest BCUT2D eigenvalue weighted by molar-refractivity contribution is 6.31. The SMILES string of the molecule is C#C[C@@H]1C[C@H](O)Cc2ccc(Cl)c(C)c2N1. The zero-order chi connectivity index (χ0) is 11.7. The second-order valence-electron chi connectivity index (χ2n) is 4.16. The van der Waals surface area contributed by atoms with Crippen LogP contribution in [0.3, 0.4) is 0 Å². The van der Waals surface area contributed by atoms with Crippen molar-refractivity contribution < 1.29 is 5.11 Å². The number of fused-ring (bicyclic) bond motifs is 1. The van der Waals surface area contributed by atoms with Gasteiger partial charge in [-0.15, -0.1) is 6.42 Å². The van der Waals surface area contributed by atoms with Crippen LogP contribution in [0.5, 0.6) is 0 Å². The van der Waals surface area contributed by atoms with Gasteiger partial charge < -0.3 is 10.4 Å². The zero-order valence-corrected chi connectivity index (χ0v) is 9.88. The van der Waals surface area contributed by atoms with Crippen molar-refractivity contribution in [2.45, 2.75) is 31.9 Å². The average Bonchev–Trinajstić information content (AvgIpc) is 2.42. The lowest BCUT2D eigenvalue weighted by Gasteiger charge is -2.15. The number of rotatable bonds is 0. The molecule has 0 spiro atoms. The number of hydrogen-bond acceptors (Lipinski definition) is 2. The maximum Gasteiger partial charge on any atom is 0.0899 e. The largest absolute Gasteiger partial charge is 0.393 e. The fourth-order valence-electron chi connectivity index (χ4n) is 2.07. The van der Waals surface area contributed by atoms with E-state index in [2.05, 4.69) is 11.2 Å². The monoisotopic (exact) mass is 235 g/mol. The minimum atomic E-state index is -0.393. The molecule has 0 unspecified atom stereocenters. The highest BCUT2D eigenvalue weighted by Gasteiger charge is 2.21. The van der Waals surface area contributed by atoms with Crippen LogP contribution in [0.15, 0.2) is 12.1 Å². The molecule has 0 radical (unpaired) electrons. The third-order valence-electron chi connectivity index (χ3n) is 2.97. The molecule has 84 valence electrons. The smallest absolute Gasteiger partial charge is 0.0899 e. The molecule has 1 aromatic carbocycles. The minimum absolute atomic E-state index is 0.131. The lowest BCUT2D eigenvalue weighted by molar-refractivity contribution is 0.166. The van der Waals surface area contributed by atoms with Crippen molar-refractivity contribution in [3.63, 3.8) is 0 Å². The van der Waals surface area contributed by atoms with Crippen molar-refractivity contribution in [3.05, 3.63) is 28.3 Å². The van der Waals surface area contributed by atoms with E-state index in [-0.39, 0.29) is 6.04 Å². The topological polar surface area (TPSA) is 32.3 Å². The molecule has 2 N–H and O–H groups in total. The Bertz CT molecular complexity index is 450. The number of anilines is 1. The number of terminal acetylenes is 1. The normalized spacial score (nSPS) is 23.9. The Hall–Kier alpha value is -1.17. The minimum Gasteiger partial charge on any atom is -0.393 e. The molecule has 1 aromatic rings. The summed E-state index contributed by atoms with van der Waals surface area (Å²) in [6.45, 7) is 1.96. The van der Waals surface area contributed by atoms with Gasteiger partial charge in [0.05, 0.1) is 12.1 Å². The fourth-order valence-corrected chi connectivity index (χ4v) is 2.22. The lowest BCUT2D eigenvalue weighted by atomic mass is 10.0. The zero-order valence-electron chi connectivity index (χ0n) is 9.13. The van der Waals surface area contributed by atoms with Crippen LogP contribution in [0.2, 0.25) is 5.02 Å².